The van der Waals surface area contributed by atoms with Crippen molar-refractivity contribution in [2.45, 2.75) is 45.1 Å². The van der Waals surface area contributed by atoms with Gasteiger partial charge in [-0.15, -0.1) is 0 Å². The summed E-state index contributed by atoms with van der Waals surface area (Å²) >= 11 is 0. The quantitative estimate of drug-likeness (QED) is 0.895. The van der Waals surface area contributed by atoms with Crippen LogP contribution in [0, 0.1) is 16.7 Å². The van der Waals surface area contributed by atoms with E-state index in [1.807, 2.05) is 10.6 Å². The maximum Gasteiger partial charge on any atom is 0.183 e. The van der Waals surface area contributed by atoms with Crippen LogP contribution >= 0.6 is 0 Å². The Kier molecular flexibility index (Phi) is 4.69. The van der Waals surface area contributed by atoms with Crippen LogP contribution < -0.4 is 5.49 Å². The van der Waals surface area contributed by atoms with Crippen molar-refractivity contribution in [2.75, 3.05) is 13.7 Å². The molecule has 0 atom stereocenters. The summed E-state index contributed by atoms with van der Waals surface area (Å²) in [5.74, 6) is 0. The van der Waals surface area contributed by atoms with Crippen molar-refractivity contribution < 1.29 is 4.74 Å². The van der Waals surface area contributed by atoms with Crippen molar-refractivity contribution in [1.82, 2.24) is 9.55 Å². The molecular weight excluding hydrogens is 240 g/mol. The fraction of sp³-hybridized carbons (Fsp3) is 0.643. The highest BCUT2D eigenvalue weighted by Gasteiger charge is 2.15. The van der Waals surface area contributed by atoms with E-state index < -0.39 is 0 Å². The van der Waals surface area contributed by atoms with E-state index in [9.17, 15) is 0 Å². The molecule has 1 aromatic heterocycles. The second kappa shape index (κ2) is 6.48. The number of rotatable bonds is 3. The predicted octanol–water partition coefficient (Wildman–Crippen LogP) is 1.54. The molecule has 1 aromatic rings. The van der Waals surface area contributed by atoms with Gasteiger partial charge in [0.05, 0.1) is 12.3 Å². The Morgan fingerprint density at radius 2 is 2.05 bits per heavy atom. The van der Waals surface area contributed by atoms with Gasteiger partial charge in [0, 0.05) is 19.3 Å². The highest BCUT2D eigenvalue weighted by Crippen LogP contribution is 2.17. The summed E-state index contributed by atoms with van der Waals surface area (Å²) in [6.45, 7) is 1.17. The van der Waals surface area contributed by atoms with E-state index in [4.69, 9.17) is 15.4 Å². The highest BCUT2D eigenvalue weighted by molar-refractivity contribution is 5.23. The van der Waals surface area contributed by atoms with Crippen LogP contribution in [-0.2, 0) is 24.1 Å². The first-order valence-electron chi connectivity index (χ1n) is 6.84. The molecule has 1 aliphatic carbocycles. The minimum Gasteiger partial charge on any atom is -0.383 e. The molecule has 5 heteroatoms. The van der Waals surface area contributed by atoms with Crippen molar-refractivity contribution >= 4 is 0 Å². The number of hydrogen-bond donors (Lipinski definition) is 1. The zero-order valence-corrected chi connectivity index (χ0v) is 11.4. The van der Waals surface area contributed by atoms with Crippen LogP contribution in [0.15, 0.2) is 0 Å². The number of nitrogens with one attached hydrogen (secondary N) is 1. The largest absolute Gasteiger partial charge is 0.383 e. The Balaban J connectivity index is 2.50. The van der Waals surface area contributed by atoms with Crippen LogP contribution in [0.2, 0.25) is 0 Å². The first-order chi connectivity index (χ1) is 9.27. The van der Waals surface area contributed by atoms with E-state index in [2.05, 4.69) is 4.98 Å². The number of methoxy groups -OCH3 is 1. The molecule has 0 saturated heterocycles. The molecule has 0 aromatic carbocycles. The number of nitrogens with zero attached hydrogens (tertiary/aromatic N) is 3. The van der Waals surface area contributed by atoms with Gasteiger partial charge >= 0.3 is 0 Å². The zero-order chi connectivity index (χ0) is 13.7. The van der Waals surface area contributed by atoms with Crippen LogP contribution in [0.3, 0.4) is 0 Å². The molecule has 0 spiro atoms. The normalized spacial score (nSPS) is 15.2. The maximum absolute atomic E-state index is 9.12. The first-order valence-corrected chi connectivity index (χ1v) is 6.84. The number of hydrogen-bond acceptors (Lipinski definition) is 4. The molecule has 1 N–H and O–H groups in total. The fourth-order valence-corrected chi connectivity index (χ4v) is 2.60. The lowest BCUT2D eigenvalue weighted by atomic mass is 10.00. The van der Waals surface area contributed by atoms with Crippen molar-refractivity contribution in [2.24, 2.45) is 0 Å². The third kappa shape index (κ3) is 3.02. The minimum absolute atomic E-state index is 0.221. The molecule has 0 bridgehead atoms. The molecule has 0 fully saturated rings. The smallest absolute Gasteiger partial charge is 0.183 e. The number of ether oxygens (including phenoxy) is 1. The van der Waals surface area contributed by atoms with E-state index in [0.717, 1.165) is 37.1 Å². The molecule has 0 amide bonds. The van der Waals surface area contributed by atoms with E-state index in [1.54, 1.807) is 7.11 Å². The molecule has 1 heterocycles. The summed E-state index contributed by atoms with van der Waals surface area (Å²) in [7, 11) is 1.65. The van der Waals surface area contributed by atoms with Crippen molar-refractivity contribution in [3.63, 3.8) is 0 Å². The van der Waals surface area contributed by atoms with Crippen molar-refractivity contribution in [3.05, 3.63) is 22.6 Å². The average Bonchev–Trinajstić information content (AvgIpc) is 2.39. The Labute approximate surface area is 113 Å². The van der Waals surface area contributed by atoms with Crippen LogP contribution in [0.4, 0.5) is 0 Å². The number of nitriles is 1. The van der Waals surface area contributed by atoms with Gasteiger partial charge in [-0.1, -0.05) is 12.8 Å². The minimum atomic E-state index is 0.221. The van der Waals surface area contributed by atoms with Gasteiger partial charge in [-0.05, 0) is 25.7 Å². The van der Waals surface area contributed by atoms with E-state index in [0.29, 0.717) is 13.2 Å². The van der Waals surface area contributed by atoms with Crippen molar-refractivity contribution in [3.8, 4) is 6.07 Å². The first kappa shape index (κ1) is 13.8. The Morgan fingerprint density at radius 3 is 2.74 bits per heavy atom. The number of aromatic nitrogens is 2. The predicted molar refractivity (Wildman–Crippen MR) is 70.5 cm³/mol. The monoisotopic (exact) mass is 260 g/mol. The second-order valence-corrected chi connectivity index (χ2v) is 4.87. The lowest BCUT2D eigenvalue weighted by Crippen LogP contribution is -2.31. The molecule has 0 aliphatic heterocycles. The fourth-order valence-electron chi connectivity index (χ4n) is 2.60. The molecule has 5 nitrogen and oxygen atoms in total. The molecule has 0 unspecified atom stereocenters. The van der Waals surface area contributed by atoms with E-state index >= 15 is 0 Å². The summed E-state index contributed by atoms with van der Waals surface area (Å²) in [5, 5.41) is 17.2. The van der Waals surface area contributed by atoms with Gasteiger partial charge in [-0.25, -0.2) is 4.98 Å². The van der Waals surface area contributed by atoms with E-state index in [1.165, 1.54) is 12.8 Å². The SMILES string of the molecule is COCCn1c2c(nc(C#N)c1=N)CCCCCC2. The van der Waals surface area contributed by atoms with Crippen LogP contribution in [0.25, 0.3) is 0 Å². The molecule has 0 radical (unpaired) electrons. The van der Waals surface area contributed by atoms with Gasteiger partial charge in [0.2, 0.25) is 0 Å². The Morgan fingerprint density at radius 1 is 1.32 bits per heavy atom. The van der Waals surface area contributed by atoms with Crippen LogP contribution in [0.5, 0.6) is 0 Å². The van der Waals surface area contributed by atoms with Crippen LogP contribution in [0.1, 0.15) is 42.8 Å². The molecule has 2 rings (SSSR count). The lowest BCUT2D eigenvalue weighted by Gasteiger charge is -2.19. The van der Waals surface area contributed by atoms with Gasteiger partial charge in [-0.2, -0.15) is 5.26 Å². The molecule has 19 heavy (non-hydrogen) atoms. The topological polar surface area (TPSA) is 74.7 Å². The zero-order valence-electron chi connectivity index (χ0n) is 11.4. The Hall–Kier alpha value is -1.67. The highest BCUT2D eigenvalue weighted by atomic mass is 16.5. The molecule has 0 saturated carbocycles. The number of fused-ring (bicyclic) bond motifs is 1. The second-order valence-electron chi connectivity index (χ2n) is 4.87. The van der Waals surface area contributed by atoms with Gasteiger partial charge in [0.1, 0.15) is 6.07 Å². The molecule has 102 valence electrons. The lowest BCUT2D eigenvalue weighted by molar-refractivity contribution is 0.184. The van der Waals surface area contributed by atoms with Gasteiger partial charge in [-0.3, -0.25) is 5.41 Å². The average molecular weight is 260 g/mol. The molecule has 1 aliphatic rings. The summed E-state index contributed by atoms with van der Waals surface area (Å²) in [4.78, 5) is 4.39. The maximum atomic E-state index is 9.12. The summed E-state index contributed by atoms with van der Waals surface area (Å²) in [6.07, 6.45) is 6.57. The third-order valence-corrected chi connectivity index (χ3v) is 3.60. The third-order valence-electron chi connectivity index (χ3n) is 3.60. The summed E-state index contributed by atoms with van der Waals surface area (Å²) in [5.41, 5.74) is 2.58. The van der Waals surface area contributed by atoms with Gasteiger partial charge in [0.15, 0.2) is 11.2 Å². The van der Waals surface area contributed by atoms with Crippen molar-refractivity contribution in [1.29, 1.82) is 10.7 Å². The Bertz CT molecular complexity index is 542. The summed E-state index contributed by atoms with van der Waals surface area (Å²) in [6, 6.07) is 2.04. The van der Waals surface area contributed by atoms with E-state index in [-0.39, 0.29) is 11.2 Å². The standard InChI is InChI=1S/C14H20N4O/c1-19-9-8-18-13-7-5-3-2-4-6-11(13)17-12(10-15)14(18)16/h16H,2-9H2,1H3. The van der Waals surface area contributed by atoms with Gasteiger partial charge in [0.25, 0.3) is 0 Å². The molecular formula is C14H20N4O. The van der Waals surface area contributed by atoms with Crippen LogP contribution in [-0.4, -0.2) is 23.3 Å². The van der Waals surface area contributed by atoms with Gasteiger partial charge < -0.3 is 9.30 Å². The number of aryl methyl sites for hydroxylation is 1. The summed E-state index contributed by atoms with van der Waals surface area (Å²) < 4.78 is 7.03.